The molecule has 0 aliphatic carbocycles. The zero-order chi connectivity index (χ0) is 26.2. The smallest absolute Gasteiger partial charge is 0.143 e. The molecular formula is C29H32N8OS. The zero-order valence-corrected chi connectivity index (χ0v) is 22.6. The number of morpholine rings is 1. The molecule has 39 heavy (non-hydrogen) atoms. The van der Waals surface area contributed by atoms with Crippen molar-refractivity contribution in [3.63, 3.8) is 0 Å². The molecule has 200 valence electrons. The van der Waals surface area contributed by atoms with Gasteiger partial charge in [0.05, 0.1) is 34.5 Å². The lowest BCUT2D eigenvalue weighted by Gasteiger charge is -2.30. The van der Waals surface area contributed by atoms with E-state index in [1.54, 1.807) is 6.33 Å². The van der Waals surface area contributed by atoms with E-state index < -0.39 is 0 Å². The van der Waals surface area contributed by atoms with Crippen molar-refractivity contribution in [1.29, 1.82) is 0 Å². The number of aromatic nitrogens is 4. The van der Waals surface area contributed by atoms with Crippen molar-refractivity contribution in [2.24, 2.45) is 5.73 Å². The Labute approximate surface area is 231 Å². The van der Waals surface area contributed by atoms with Crippen molar-refractivity contribution >= 4 is 49.8 Å². The van der Waals surface area contributed by atoms with Crippen molar-refractivity contribution in [2.45, 2.75) is 25.4 Å². The van der Waals surface area contributed by atoms with E-state index in [4.69, 9.17) is 10.5 Å². The summed E-state index contributed by atoms with van der Waals surface area (Å²) in [5.41, 5.74) is 12.3. The molecule has 2 saturated heterocycles. The van der Waals surface area contributed by atoms with Crippen LogP contribution in [0, 0.1) is 0 Å². The van der Waals surface area contributed by atoms with Gasteiger partial charge in [0.25, 0.3) is 0 Å². The van der Waals surface area contributed by atoms with Crippen LogP contribution in [0.25, 0.3) is 32.5 Å². The maximum Gasteiger partial charge on any atom is 0.143 e. The molecule has 0 spiro atoms. The second-order valence-electron chi connectivity index (χ2n) is 10.4. The Morgan fingerprint density at radius 1 is 1.05 bits per heavy atom. The number of nitrogens with two attached hydrogens (primary N) is 1. The number of hydrogen-bond acceptors (Lipinski definition) is 9. The highest BCUT2D eigenvalue weighted by atomic mass is 32.1. The summed E-state index contributed by atoms with van der Waals surface area (Å²) in [6, 6.07) is 15.2. The first-order chi connectivity index (χ1) is 19.2. The first kappa shape index (κ1) is 24.5. The number of pyridine rings is 1. The summed E-state index contributed by atoms with van der Waals surface area (Å²) in [5.74, 6) is 0.962. The van der Waals surface area contributed by atoms with E-state index in [0.717, 1.165) is 97.4 Å². The van der Waals surface area contributed by atoms with Gasteiger partial charge in [-0.05, 0) is 55.3 Å². The number of likely N-dealkylation sites (tertiary alicyclic amines) is 1. The predicted molar refractivity (Wildman–Crippen MR) is 158 cm³/mol. The van der Waals surface area contributed by atoms with Gasteiger partial charge in [0.2, 0.25) is 0 Å². The highest BCUT2D eigenvalue weighted by Crippen LogP contribution is 2.34. The molecule has 2 fully saturated rings. The van der Waals surface area contributed by atoms with E-state index in [1.165, 1.54) is 16.0 Å². The number of thiophene rings is 1. The molecule has 10 heteroatoms. The number of fused-ring (bicyclic) bond motifs is 2. The molecule has 2 aliphatic rings. The lowest BCUT2D eigenvalue weighted by atomic mass is 10.1. The number of nitrogens with one attached hydrogen (secondary N) is 2. The molecule has 0 unspecified atom stereocenters. The fourth-order valence-electron chi connectivity index (χ4n) is 5.62. The van der Waals surface area contributed by atoms with Crippen LogP contribution in [0.15, 0.2) is 55.0 Å². The van der Waals surface area contributed by atoms with Gasteiger partial charge < -0.3 is 25.7 Å². The van der Waals surface area contributed by atoms with Crippen LogP contribution >= 0.6 is 11.3 Å². The molecule has 0 amide bonds. The summed E-state index contributed by atoms with van der Waals surface area (Å²) in [6.45, 7) is 6.15. The first-order valence-corrected chi connectivity index (χ1v) is 14.4. The normalized spacial score (nSPS) is 18.7. The lowest BCUT2D eigenvalue weighted by molar-refractivity contribution is 0.122. The van der Waals surface area contributed by atoms with Gasteiger partial charge in [-0.2, -0.15) is 0 Å². The number of benzene rings is 1. The fourth-order valence-corrected chi connectivity index (χ4v) is 6.74. The summed E-state index contributed by atoms with van der Waals surface area (Å²) in [4.78, 5) is 23.2. The minimum absolute atomic E-state index is 0.288. The van der Waals surface area contributed by atoms with Crippen molar-refractivity contribution in [3.8, 4) is 11.3 Å². The molecule has 4 aromatic heterocycles. The minimum atomic E-state index is 0.288. The number of rotatable bonds is 6. The molecule has 6 heterocycles. The Kier molecular flexibility index (Phi) is 6.61. The Bertz CT molecular complexity index is 1590. The molecule has 0 bridgehead atoms. The number of aromatic amines is 1. The maximum absolute atomic E-state index is 6.19. The summed E-state index contributed by atoms with van der Waals surface area (Å²) < 4.78 is 6.70. The molecular weight excluding hydrogens is 508 g/mol. The van der Waals surface area contributed by atoms with Crippen LogP contribution in [-0.4, -0.2) is 70.3 Å². The number of H-pyrrole nitrogens is 1. The van der Waals surface area contributed by atoms with Gasteiger partial charge in [0.1, 0.15) is 17.8 Å². The number of nitrogens with zero attached hydrogens (tertiary/aromatic N) is 5. The van der Waals surface area contributed by atoms with Gasteiger partial charge in [0.15, 0.2) is 0 Å². The largest absolute Gasteiger partial charge is 0.378 e. The molecule has 0 radical (unpaired) electrons. The van der Waals surface area contributed by atoms with E-state index in [0.29, 0.717) is 0 Å². The van der Waals surface area contributed by atoms with Crippen LogP contribution in [0.3, 0.4) is 0 Å². The third-order valence-corrected chi connectivity index (χ3v) is 8.72. The van der Waals surface area contributed by atoms with Crippen molar-refractivity contribution in [1.82, 2.24) is 24.8 Å². The molecule has 2 aliphatic heterocycles. The Balaban J connectivity index is 1.10. The van der Waals surface area contributed by atoms with Gasteiger partial charge >= 0.3 is 0 Å². The van der Waals surface area contributed by atoms with E-state index in [-0.39, 0.29) is 6.04 Å². The maximum atomic E-state index is 6.19. The second kappa shape index (κ2) is 10.5. The Morgan fingerprint density at radius 2 is 1.92 bits per heavy atom. The SMILES string of the molecule is N[C@@H]1CCCN(Cc2cc3nccc(Nc4ccc(-c5cc6c(N7CCOCC7)ncnc6[nH]5)cc4)c3s2)C1. The van der Waals surface area contributed by atoms with Crippen LogP contribution in [0.5, 0.6) is 0 Å². The molecule has 4 N–H and O–H groups in total. The van der Waals surface area contributed by atoms with Gasteiger partial charge in [-0.1, -0.05) is 12.1 Å². The first-order valence-electron chi connectivity index (χ1n) is 13.6. The van der Waals surface area contributed by atoms with Gasteiger partial charge in [-0.25, -0.2) is 9.97 Å². The van der Waals surface area contributed by atoms with Crippen LogP contribution in [0.4, 0.5) is 17.2 Å². The topological polar surface area (TPSA) is 108 Å². The molecule has 0 saturated carbocycles. The van der Waals surface area contributed by atoms with E-state index in [9.17, 15) is 0 Å². The summed E-state index contributed by atoms with van der Waals surface area (Å²) in [5, 5.41) is 4.65. The summed E-state index contributed by atoms with van der Waals surface area (Å²) >= 11 is 1.82. The standard InChI is InChI=1S/C29H32N8OS/c30-20-2-1-9-36(16-20)17-22-14-26-27(39-22)24(7-8-31-26)34-21-5-3-19(4-6-21)25-15-23-28(35-25)32-18-33-29(23)37-10-12-38-13-11-37/h3-8,14-15,18,20H,1-2,9-13,16-17,30H2,(H,31,34)(H,32,33,35)/t20-/m1/s1. The molecule has 7 rings (SSSR count). The van der Waals surface area contributed by atoms with E-state index >= 15 is 0 Å². The average Bonchev–Trinajstić information content (AvgIpc) is 3.58. The minimum Gasteiger partial charge on any atom is -0.378 e. The molecule has 1 atom stereocenters. The molecule has 1 aromatic carbocycles. The highest BCUT2D eigenvalue weighted by molar-refractivity contribution is 7.19. The Hall–Kier alpha value is -3.57. The summed E-state index contributed by atoms with van der Waals surface area (Å²) in [7, 11) is 0. The quantitative estimate of drug-likeness (QED) is 0.284. The number of ether oxygens (including phenoxy) is 1. The number of hydrogen-bond donors (Lipinski definition) is 3. The zero-order valence-electron chi connectivity index (χ0n) is 21.8. The van der Waals surface area contributed by atoms with Gasteiger partial charge in [0, 0.05) is 54.7 Å². The van der Waals surface area contributed by atoms with Crippen molar-refractivity contribution < 1.29 is 4.74 Å². The highest BCUT2D eigenvalue weighted by Gasteiger charge is 2.19. The van der Waals surface area contributed by atoms with Gasteiger partial charge in [-0.3, -0.25) is 9.88 Å². The van der Waals surface area contributed by atoms with Gasteiger partial charge in [-0.15, -0.1) is 11.3 Å². The van der Waals surface area contributed by atoms with Crippen LogP contribution < -0.4 is 16.0 Å². The van der Waals surface area contributed by atoms with Crippen LogP contribution in [-0.2, 0) is 11.3 Å². The Morgan fingerprint density at radius 3 is 2.77 bits per heavy atom. The van der Waals surface area contributed by atoms with E-state index in [2.05, 4.69) is 77.5 Å². The third kappa shape index (κ3) is 5.08. The van der Waals surface area contributed by atoms with Crippen molar-refractivity contribution in [2.75, 3.05) is 49.6 Å². The molecule has 9 nitrogen and oxygen atoms in total. The van der Waals surface area contributed by atoms with Crippen LogP contribution in [0.1, 0.15) is 17.7 Å². The summed E-state index contributed by atoms with van der Waals surface area (Å²) in [6.07, 6.45) is 5.81. The van der Waals surface area contributed by atoms with E-state index in [1.807, 2.05) is 17.5 Å². The monoisotopic (exact) mass is 540 g/mol. The number of anilines is 3. The average molecular weight is 541 g/mol. The third-order valence-electron chi connectivity index (χ3n) is 7.57. The molecule has 5 aromatic rings. The lowest BCUT2D eigenvalue weighted by Crippen LogP contribution is -2.42. The fraction of sp³-hybridized carbons (Fsp3) is 0.345. The number of piperidine rings is 1. The van der Waals surface area contributed by atoms with Crippen molar-refractivity contribution in [3.05, 3.63) is 59.9 Å². The van der Waals surface area contributed by atoms with Crippen LogP contribution in [0.2, 0.25) is 0 Å². The second-order valence-corrected chi connectivity index (χ2v) is 11.5. The predicted octanol–water partition coefficient (Wildman–Crippen LogP) is 4.74.